The first-order chi connectivity index (χ1) is 6.09. The Hall–Kier alpha value is -0.610. The third-order valence-electron chi connectivity index (χ3n) is 2.70. The lowest BCUT2D eigenvalue weighted by molar-refractivity contribution is -0.118. The fourth-order valence-corrected chi connectivity index (χ4v) is 1.84. The Morgan fingerprint density at radius 3 is 2.85 bits per heavy atom. The van der Waals surface area contributed by atoms with E-state index in [4.69, 9.17) is 11.5 Å². The molecule has 0 saturated carbocycles. The van der Waals surface area contributed by atoms with Gasteiger partial charge in [0.15, 0.2) is 0 Å². The van der Waals surface area contributed by atoms with E-state index in [1.165, 1.54) is 0 Å². The minimum Gasteiger partial charge on any atom is -0.370 e. The van der Waals surface area contributed by atoms with E-state index in [0.29, 0.717) is 18.5 Å². The van der Waals surface area contributed by atoms with Crippen molar-refractivity contribution in [3.63, 3.8) is 0 Å². The fourth-order valence-electron chi connectivity index (χ4n) is 1.84. The molecule has 76 valence electrons. The molecule has 4 N–H and O–H groups in total. The minimum atomic E-state index is -0.220. The number of likely N-dealkylation sites (tertiary alicyclic amines) is 1. The lowest BCUT2D eigenvalue weighted by atomic mass is 9.99. The predicted molar refractivity (Wildman–Crippen MR) is 52.1 cm³/mol. The van der Waals surface area contributed by atoms with Crippen molar-refractivity contribution in [2.45, 2.75) is 38.3 Å². The molecule has 2 atom stereocenters. The van der Waals surface area contributed by atoms with Crippen molar-refractivity contribution in [2.75, 3.05) is 13.1 Å². The molecule has 0 aromatic rings. The number of hydrogen-bond donors (Lipinski definition) is 2. The highest BCUT2D eigenvalue weighted by Gasteiger charge is 2.22. The molecule has 0 aromatic carbocycles. The Labute approximate surface area is 79.3 Å². The van der Waals surface area contributed by atoms with Gasteiger partial charge in [-0.15, -0.1) is 0 Å². The summed E-state index contributed by atoms with van der Waals surface area (Å²) in [6.45, 7) is 3.93. The molecule has 0 radical (unpaired) electrons. The smallest absolute Gasteiger partial charge is 0.218 e. The number of nitrogens with zero attached hydrogens (tertiary/aromatic N) is 1. The van der Waals surface area contributed by atoms with Crippen LogP contribution in [0, 0.1) is 0 Å². The summed E-state index contributed by atoms with van der Waals surface area (Å²) in [7, 11) is 0. The molecule has 1 aliphatic rings. The number of amides is 1. The molecular weight excluding hydrogens is 166 g/mol. The normalized spacial score (nSPS) is 30.3. The first-order valence-electron chi connectivity index (χ1n) is 4.87. The summed E-state index contributed by atoms with van der Waals surface area (Å²) in [6.07, 6.45) is 2.52. The van der Waals surface area contributed by atoms with Crippen LogP contribution in [0.4, 0.5) is 0 Å². The van der Waals surface area contributed by atoms with Gasteiger partial charge >= 0.3 is 0 Å². The van der Waals surface area contributed by atoms with E-state index in [1.807, 2.05) is 0 Å². The van der Waals surface area contributed by atoms with Crippen molar-refractivity contribution in [1.29, 1.82) is 0 Å². The monoisotopic (exact) mass is 185 g/mol. The van der Waals surface area contributed by atoms with Gasteiger partial charge in [0.2, 0.25) is 5.91 Å². The number of rotatable bonds is 3. The molecule has 0 aliphatic carbocycles. The van der Waals surface area contributed by atoms with Crippen LogP contribution in [0.5, 0.6) is 0 Å². The molecule has 1 aliphatic heterocycles. The third-order valence-corrected chi connectivity index (χ3v) is 2.70. The topological polar surface area (TPSA) is 72.3 Å². The van der Waals surface area contributed by atoms with E-state index in [2.05, 4.69) is 11.8 Å². The van der Waals surface area contributed by atoms with E-state index < -0.39 is 0 Å². The second-order valence-electron chi connectivity index (χ2n) is 3.89. The quantitative estimate of drug-likeness (QED) is 0.632. The number of hydrogen-bond acceptors (Lipinski definition) is 3. The molecule has 0 aromatic heterocycles. The van der Waals surface area contributed by atoms with Crippen LogP contribution in [-0.4, -0.2) is 36.0 Å². The van der Waals surface area contributed by atoms with Crippen LogP contribution in [0.15, 0.2) is 0 Å². The van der Waals surface area contributed by atoms with E-state index >= 15 is 0 Å². The summed E-state index contributed by atoms with van der Waals surface area (Å²) in [5.74, 6) is -0.220. The molecule has 1 fully saturated rings. The summed E-state index contributed by atoms with van der Waals surface area (Å²) in [5, 5.41) is 0. The number of primary amides is 1. The zero-order chi connectivity index (χ0) is 9.84. The molecule has 2 unspecified atom stereocenters. The first-order valence-corrected chi connectivity index (χ1v) is 4.87. The molecule has 1 saturated heterocycles. The maximum absolute atomic E-state index is 10.6. The number of piperidine rings is 1. The van der Waals surface area contributed by atoms with Crippen molar-refractivity contribution >= 4 is 5.91 Å². The lowest BCUT2D eigenvalue weighted by Crippen LogP contribution is -2.46. The molecule has 4 heteroatoms. The van der Waals surface area contributed by atoms with Crippen molar-refractivity contribution in [2.24, 2.45) is 11.5 Å². The second-order valence-corrected chi connectivity index (χ2v) is 3.89. The molecule has 1 amide bonds. The SMILES string of the molecule is CC1CC(N)CCN1CCC(N)=O. The predicted octanol–water partition coefficient (Wildman–Crippen LogP) is -0.327. The van der Waals surface area contributed by atoms with Crippen LogP contribution in [0.3, 0.4) is 0 Å². The van der Waals surface area contributed by atoms with Crippen LogP contribution >= 0.6 is 0 Å². The van der Waals surface area contributed by atoms with Crippen molar-refractivity contribution in [1.82, 2.24) is 4.90 Å². The molecule has 4 nitrogen and oxygen atoms in total. The lowest BCUT2D eigenvalue weighted by Gasteiger charge is -2.36. The Balaban J connectivity index is 2.29. The Morgan fingerprint density at radius 2 is 2.31 bits per heavy atom. The fraction of sp³-hybridized carbons (Fsp3) is 0.889. The summed E-state index contributed by atoms with van der Waals surface area (Å²) in [4.78, 5) is 12.9. The zero-order valence-electron chi connectivity index (χ0n) is 8.20. The Bertz CT molecular complexity index is 184. The number of carbonyl (C=O) groups is 1. The summed E-state index contributed by atoms with van der Waals surface area (Å²) in [6, 6.07) is 0.822. The molecule has 13 heavy (non-hydrogen) atoms. The molecule has 1 heterocycles. The average Bonchev–Trinajstić information content (AvgIpc) is 2.02. The molecule has 1 rings (SSSR count). The highest BCUT2D eigenvalue weighted by molar-refractivity contribution is 5.73. The van der Waals surface area contributed by atoms with Crippen molar-refractivity contribution < 1.29 is 4.79 Å². The van der Waals surface area contributed by atoms with Gasteiger partial charge in [0.25, 0.3) is 0 Å². The van der Waals surface area contributed by atoms with Gasteiger partial charge in [-0.3, -0.25) is 4.79 Å². The standard InChI is InChI=1S/C9H19N3O/c1-7-6-8(10)2-4-12(7)5-3-9(11)13/h7-8H,2-6,10H2,1H3,(H2,11,13). The Morgan fingerprint density at radius 1 is 1.62 bits per heavy atom. The molecule has 0 spiro atoms. The van der Waals surface area contributed by atoms with Gasteiger partial charge in [0, 0.05) is 25.0 Å². The third kappa shape index (κ3) is 3.32. The van der Waals surface area contributed by atoms with Gasteiger partial charge in [-0.05, 0) is 26.3 Å². The van der Waals surface area contributed by atoms with E-state index in [-0.39, 0.29) is 5.91 Å². The highest BCUT2D eigenvalue weighted by atomic mass is 16.1. The number of carbonyl (C=O) groups excluding carboxylic acids is 1. The molecular formula is C9H19N3O. The zero-order valence-corrected chi connectivity index (χ0v) is 8.20. The van der Waals surface area contributed by atoms with Gasteiger partial charge < -0.3 is 16.4 Å². The first kappa shape index (κ1) is 10.5. The minimum absolute atomic E-state index is 0.220. The van der Waals surface area contributed by atoms with Crippen LogP contribution in [0.25, 0.3) is 0 Å². The average molecular weight is 185 g/mol. The van der Waals surface area contributed by atoms with Gasteiger partial charge in [0.05, 0.1) is 0 Å². The number of nitrogens with two attached hydrogens (primary N) is 2. The van der Waals surface area contributed by atoms with Crippen LogP contribution < -0.4 is 11.5 Å². The highest BCUT2D eigenvalue weighted by Crippen LogP contribution is 2.15. The van der Waals surface area contributed by atoms with Gasteiger partial charge in [0.1, 0.15) is 0 Å². The van der Waals surface area contributed by atoms with Crippen LogP contribution in [0.1, 0.15) is 26.2 Å². The summed E-state index contributed by atoms with van der Waals surface area (Å²) in [5.41, 5.74) is 10.9. The van der Waals surface area contributed by atoms with E-state index in [1.54, 1.807) is 0 Å². The van der Waals surface area contributed by atoms with Gasteiger partial charge in [-0.2, -0.15) is 0 Å². The molecule has 0 bridgehead atoms. The van der Waals surface area contributed by atoms with E-state index in [0.717, 1.165) is 25.9 Å². The Kier molecular flexibility index (Phi) is 3.69. The van der Waals surface area contributed by atoms with Crippen molar-refractivity contribution in [3.05, 3.63) is 0 Å². The maximum atomic E-state index is 10.6. The van der Waals surface area contributed by atoms with E-state index in [9.17, 15) is 4.79 Å². The van der Waals surface area contributed by atoms with Crippen molar-refractivity contribution in [3.8, 4) is 0 Å². The van der Waals surface area contributed by atoms with Crippen LogP contribution in [-0.2, 0) is 4.79 Å². The summed E-state index contributed by atoms with van der Waals surface area (Å²) >= 11 is 0. The maximum Gasteiger partial charge on any atom is 0.218 e. The second kappa shape index (κ2) is 4.58. The van der Waals surface area contributed by atoms with Gasteiger partial charge in [-0.1, -0.05) is 0 Å². The van der Waals surface area contributed by atoms with Crippen LogP contribution in [0.2, 0.25) is 0 Å². The summed E-state index contributed by atoms with van der Waals surface area (Å²) < 4.78 is 0. The largest absolute Gasteiger partial charge is 0.370 e. The van der Waals surface area contributed by atoms with Gasteiger partial charge in [-0.25, -0.2) is 0 Å².